The smallest absolute Gasteiger partial charge is 0.242 e. The number of carbonyl (C=O) groups is 2. The van der Waals surface area contributed by atoms with Gasteiger partial charge in [-0.15, -0.1) is 11.8 Å². The van der Waals surface area contributed by atoms with Gasteiger partial charge in [0.1, 0.15) is 11.9 Å². The molecule has 1 fully saturated rings. The van der Waals surface area contributed by atoms with Gasteiger partial charge in [-0.1, -0.05) is 55.7 Å². The maximum Gasteiger partial charge on any atom is 0.242 e. The summed E-state index contributed by atoms with van der Waals surface area (Å²) in [5.74, 6) is 0.475. The van der Waals surface area contributed by atoms with Gasteiger partial charge < -0.3 is 10.2 Å². The van der Waals surface area contributed by atoms with E-state index in [0.29, 0.717) is 12.3 Å². The van der Waals surface area contributed by atoms with Gasteiger partial charge in [-0.25, -0.2) is 4.39 Å². The molecule has 2 amide bonds. The van der Waals surface area contributed by atoms with Gasteiger partial charge in [0.15, 0.2) is 0 Å². The van der Waals surface area contributed by atoms with Crippen LogP contribution in [0.25, 0.3) is 0 Å². The maximum atomic E-state index is 13.2. The number of rotatable bonds is 9. The van der Waals surface area contributed by atoms with Gasteiger partial charge in [0.05, 0.1) is 5.75 Å². The van der Waals surface area contributed by atoms with Crippen molar-refractivity contribution in [2.75, 3.05) is 5.75 Å². The fraction of sp³-hybridized carbons (Fsp3) is 0.462. The second-order valence-corrected chi connectivity index (χ2v) is 9.57. The Morgan fingerprint density at radius 2 is 1.78 bits per heavy atom. The molecule has 0 saturated heterocycles. The third kappa shape index (κ3) is 7.09. The standard InChI is InChI=1S/C26H33FN2O2S/c1-19-8-6-7-9-22(19)16-29(20(2)26(31)28-24-10-4-3-5-11-24)25(30)18-32-17-21-12-14-23(27)15-13-21/h6-9,12-15,20,24H,3-5,10-11,16-18H2,1-2H3,(H,28,31). The van der Waals surface area contributed by atoms with Crippen molar-refractivity contribution in [3.63, 3.8) is 0 Å². The number of aryl methyl sites for hydroxylation is 1. The summed E-state index contributed by atoms with van der Waals surface area (Å²) in [4.78, 5) is 27.9. The van der Waals surface area contributed by atoms with E-state index in [0.717, 1.165) is 42.4 Å². The topological polar surface area (TPSA) is 49.4 Å². The van der Waals surface area contributed by atoms with E-state index < -0.39 is 6.04 Å². The summed E-state index contributed by atoms with van der Waals surface area (Å²) in [5, 5.41) is 3.17. The zero-order valence-corrected chi connectivity index (χ0v) is 19.8. The van der Waals surface area contributed by atoms with Crippen LogP contribution in [0.1, 0.15) is 55.7 Å². The second kappa shape index (κ2) is 12.0. The third-order valence-corrected chi connectivity index (χ3v) is 7.12. The quantitative estimate of drug-likeness (QED) is 0.562. The lowest BCUT2D eigenvalue weighted by molar-refractivity contribution is -0.139. The Labute approximate surface area is 195 Å². The monoisotopic (exact) mass is 456 g/mol. The van der Waals surface area contributed by atoms with Gasteiger partial charge in [-0.3, -0.25) is 9.59 Å². The Morgan fingerprint density at radius 1 is 1.09 bits per heavy atom. The molecule has 6 heteroatoms. The number of thioether (sulfide) groups is 1. The van der Waals surface area contributed by atoms with Crippen molar-refractivity contribution < 1.29 is 14.0 Å². The molecule has 0 aromatic heterocycles. The van der Waals surface area contributed by atoms with Crippen LogP contribution in [0, 0.1) is 12.7 Å². The summed E-state index contributed by atoms with van der Waals surface area (Å²) in [6.07, 6.45) is 5.54. The molecule has 2 aromatic rings. The number of amides is 2. The maximum absolute atomic E-state index is 13.2. The summed E-state index contributed by atoms with van der Waals surface area (Å²) in [7, 11) is 0. The molecule has 1 saturated carbocycles. The average molecular weight is 457 g/mol. The summed E-state index contributed by atoms with van der Waals surface area (Å²) < 4.78 is 13.1. The number of hydrogen-bond donors (Lipinski definition) is 1. The van der Waals surface area contributed by atoms with Crippen molar-refractivity contribution >= 4 is 23.6 Å². The average Bonchev–Trinajstić information content (AvgIpc) is 2.80. The van der Waals surface area contributed by atoms with Crippen LogP contribution in [-0.2, 0) is 21.9 Å². The Morgan fingerprint density at radius 3 is 2.47 bits per heavy atom. The Hall–Kier alpha value is -2.34. The zero-order valence-electron chi connectivity index (χ0n) is 19.0. The van der Waals surface area contributed by atoms with E-state index in [4.69, 9.17) is 0 Å². The Bertz CT molecular complexity index is 897. The highest BCUT2D eigenvalue weighted by Gasteiger charge is 2.28. The van der Waals surface area contributed by atoms with Crippen molar-refractivity contribution in [1.82, 2.24) is 10.2 Å². The molecule has 2 aromatic carbocycles. The highest BCUT2D eigenvalue weighted by molar-refractivity contribution is 7.99. The molecule has 1 N–H and O–H groups in total. The van der Waals surface area contributed by atoms with E-state index in [9.17, 15) is 14.0 Å². The predicted molar refractivity (Wildman–Crippen MR) is 129 cm³/mol. The molecule has 1 aliphatic carbocycles. The molecule has 1 atom stereocenters. The first-order chi connectivity index (χ1) is 15.4. The number of nitrogens with zero attached hydrogens (tertiary/aromatic N) is 1. The number of hydrogen-bond acceptors (Lipinski definition) is 3. The van der Waals surface area contributed by atoms with Gasteiger partial charge >= 0.3 is 0 Å². The van der Waals surface area contributed by atoms with Crippen molar-refractivity contribution in [2.45, 2.75) is 70.3 Å². The van der Waals surface area contributed by atoms with Gasteiger partial charge in [-0.2, -0.15) is 0 Å². The minimum atomic E-state index is -0.546. The highest BCUT2D eigenvalue weighted by Crippen LogP contribution is 2.20. The first kappa shape index (κ1) is 24.3. The first-order valence-corrected chi connectivity index (χ1v) is 12.6. The molecule has 0 aliphatic heterocycles. The predicted octanol–water partition coefficient (Wildman–Crippen LogP) is 5.23. The SMILES string of the molecule is Cc1ccccc1CN(C(=O)CSCc1ccc(F)cc1)C(C)C(=O)NC1CCCCC1. The summed E-state index contributed by atoms with van der Waals surface area (Å²) in [5.41, 5.74) is 3.11. The molecule has 0 heterocycles. The lowest BCUT2D eigenvalue weighted by atomic mass is 9.95. The molecule has 4 nitrogen and oxygen atoms in total. The number of benzene rings is 2. The van der Waals surface area contributed by atoms with Crippen LogP contribution in [-0.4, -0.2) is 34.6 Å². The number of carbonyl (C=O) groups excluding carboxylic acids is 2. The summed E-state index contributed by atoms with van der Waals surface area (Å²) in [6, 6.07) is 14.0. The van der Waals surface area contributed by atoms with Crippen LogP contribution in [0.15, 0.2) is 48.5 Å². The molecule has 0 radical (unpaired) electrons. The minimum Gasteiger partial charge on any atom is -0.352 e. The van der Waals surface area contributed by atoms with Crippen LogP contribution < -0.4 is 5.32 Å². The fourth-order valence-corrected chi connectivity index (χ4v) is 4.91. The summed E-state index contributed by atoms with van der Waals surface area (Å²) >= 11 is 1.48. The lowest BCUT2D eigenvalue weighted by Gasteiger charge is -2.31. The van der Waals surface area contributed by atoms with Gasteiger partial charge in [0, 0.05) is 18.3 Å². The Balaban J connectivity index is 1.65. The summed E-state index contributed by atoms with van der Waals surface area (Å²) in [6.45, 7) is 4.24. The number of nitrogens with one attached hydrogen (secondary N) is 1. The third-order valence-electron chi connectivity index (χ3n) is 6.13. The molecule has 0 spiro atoms. The zero-order chi connectivity index (χ0) is 22.9. The van der Waals surface area contributed by atoms with E-state index in [1.54, 1.807) is 17.0 Å². The van der Waals surface area contributed by atoms with Gasteiger partial charge in [0.25, 0.3) is 0 Å². The molecule has 172 valence electrons. The van der Waals surface area contributed by atoms with Crippen LogP contribution in [0.3, 0.4) is 0 Å². The van der Waals surface area contributed by atoms with Gasteiger partial charge in [-0.05, 0) is 55.5 Å². The molecular weight excluding hydrogens is 423 g/mol. The van der Waals surface area contributed by atoms with Crippen molar-refractivity contribution in [3.8, 4) is 0 Å². The molecule has 1 aliphatic rings. The second-order valence-electron chi connectivity index (χ2n) is 8.59. The van der Waals surface area contributed by atoms with E-state index in [1.807, 2.05) is 38.1 Å². The van der Waals surface area contributed by atoms with Crippen molar-refractivity contribution in [1.29, 1.82) is 0 Å². The van der Waals surface area contributed by atoms with E-state index >= 15 is 0 Å². The van der Waals surface area contributed by atoms with E-state index in [1.165, 1.54) is 30.3 Å². The van der Waals surface area contributed by atoms with Crippen LogP contribution in [0.2, 0.25) is 0 Å². The van der Waals surface area contributed by atoms with Crippen molar-refractivity contribution in [3.05, 3.63) is 71.0 Å². The molecule has 3 rings (SSSR count). The van der Waals surface area contributed by atoms with Crippen LogP contribution >= 0.6 is 11.8 Å². The lowest BCUT2D eigenvalue weighted by Crippen LogP contribution is -2.50. The highest BCUT2D eigenvalue weighted by atomic mass is 32.2. The fourth-order valence-electron chi connectivity index (χ4n) is 4.04. The van der Waals surface area contributed by atoms with Gasteiger partial charge in [0.2, 0.25) is 11.8 Å². The molecule has 1 unspecified atom stereocenters. The van der Waals surface area contributed by atoms with Crippen molar-refractivity contribution in [2.24, 2.45) is 0 Å². The molecule has 0 bridgehead atoms. The largest absolute Gasteiger partial charge is 0.352 e. The normalized spacial score (nSPS) is 15.2. The van der Waals surface area contributed by atoms with E-state index in [2.05, 4.69) is 5.32 Å². The number of halogens is 1. The molecule has 32 heavy (non-hydrogen) atoms. The van der Waals surface area contributed by atoms with Crippen LogP contribution in [0.5, 0.6) is 0 Å². The first-order valence-electron chi connectivity index (χ1n) is 11.4. The van der Waals surface area contributed by atoms with E-state index in [-0.39, 0.29) is 29.4 Å². The Kier molecular flexibility index (Phi) is 9.15. The molecular formula is C26H33FN2O2S. The van der Waals surface area contributed by atoms with Crippen LogP contribution in [0.4, 0.5) is 4.39 Å². The minimum absolute atomic E-state index is 0.0633.